The zero-order chi connectivity index (χ0) is 10.8. The smallest absolute Gasteiger partial charge is 0.0194 e. The summed E-state index contributed by atoms with van der Waals surface area (Å²) in [4.78, 5) is 1.28. The molecule has 15 heavy (non-hydrogen) atoms. The third-order valence-corrected chi connectivity index (χ3v) is 3.69. The lowest BCUT2D eigenvalue weighted by Crippen LogP contribution is -1.89. The fraction of sp³-hybridized carbons (Fsp3) is 0.143. The lowest BCUT2D eigenvalue weighted by molar-refractivity contribution is 1.33. The maximum atomic E-state index is 4.13. The van der Waals surface area contributed by atoms with Gasteiger partial charge in [0.25, 0.3) is 0 Å². The second kappa shape index (κ2) is 4.11. The van der Waals surface area contributed by atoms with Crippen LogP contribution >= 0.6 is 11.8 Å². The zero-order valence-corrected chi connectivity index (χ0v) is 9.90. The molecule has 1 aromatic rings. The van der Waals surface area contributed by atoms with Crippen molar-refractivity contribution in [2.75, 3.05) is 0 Å². The van der Waals surface area contributed by atoms with Gasteiger partial charge in [0.15, 0.2) is 0 Å². The van der Waals surface area contributed by atoms with Gasteiger partial charge < -0.3 is 0 Å². The molecule has 0 amide bonds. The number of hydrogen-bond donors (Lipinski definition) is 0. The van der Waals surface area contributed by atoms with E-state index in [4.69, 9.17) is 0 Å². The summed E-state index contributed by atoms with van der Waals surface area (Å²) in [5.41, 5.74) is 4.95. The molecule has 0 fully saturated rings. The molecule has 0 unspecified atom stereocenters. The molecule has 0 bridgehead atoms. The largest absolute Gasteiger partial charge is 0.0971 e. The minimum atomic E-state index is 1.10. The molecular weight excluding hydrogens is 200 g/mol. The molecular formula is C14H14S. The number of rotatable bonds is 0. The standard InChI is InChI=1S/C14H14S/c1-10-8-11(2)13-6-4-5-7-14(13)15-9-12(10)3/h4-9H,2H2,1,3H3/b10-8-,12-9-. The van der Waals surface area contributed by atoms with Gasteiger partial charge in [0, 0.05) is 4.90 Å². The molecule has 0 atom stereocenters. The predicted octanol–water partition coefficient (Wildman–Crippen LogP) is 4.66. The van der Waals surface area contributed by atoms with E-state index in [0.717, 1.165) is 5.57 Å². The number of benzene rings is 1. The van der Waals surface area contributed by atoms with Crippen molar-refractivity contribution in [2.24, 2.45) is 0 Å². The van der Waals surface area contributed by atoms with E-state index in [1.165, 1.54) is 21.6 Å². The van der Waals surface area contributed by atoms with Crippen LogP contribution in [0, 0.1) is 0 Å². The maximum Gasteiger partial charge on any atom is 0.0194 e. The van der Waals surface area contributed by atoms with Crippen molar-refractivity contribution in [3.05, 3.63) is 59.0 Å². The first kappa shape index (κ1) is 10.3. The van der Waals surface area contributed by atoms with Crippen molar-refractivity contribution in [1.29, 1.82) is 0 Å². The van der Waals surface area contributed by atoms with Crippen molar-refractivity contribution >= 4 is 17.3 Å². The lowest BCUT2D eigenvalue weighted by Gasteiger charge is -2.12. The number of thioether (sulfide) groups is 1. The third-order valence-electron chi connectivity index (χ3n) is 2.61. The monoisotopic (exact) mass is 214 g/mol. The Hall–Kier alpha value is -1.21. The second-order valence-corrected chi connectivity index (χ2v) is 4.68. The first-order valence-corrected chi connectivity index (χ1v) is 5.87. The van der Waals surface area contributed by atoms with E-state index >= 15 is 0 Å². The van der Waals surface area contributed by atoms with Gasteiger partial charge in [0.2, 0.25) is 0 Å². The first-order valence-electron chi connectivity index (χ1n) is 4.99. The molecule has 0 spiro atoms. The summed E-state index contributed by atoms with van der Waals surface area (Å²) in [6.07, 6.45) is 2.16. The normalized spacial score (nSPS) is 22.9. The van der Waals surface area contributed by atoms with Crippen molar-refractivity contribution in [3.8, 4) is 0 Å². The van der Waals surface area contributed by atoms with E-state index in [9.17, 15) is 0 Å². The second-order valence-electron chi connectivity index (χ2n) is 3.77. The molecule has 0 saturated heterocycles. The summed E-state index contributed by atoms with van der Waals surface area (Å²) in [5, 5.41) is 2.21. The van der Waals surface area contributed by atoms with Crippen LogP contribution in [0.5, 0.6) is 0 Å². The Labute approximate surface area is 95.4 Å². The Bertz CT molecular complexity index is 464. The molecule has 1 heterocycles. The van der Waals surface area contributed by atoms with Gasteiger partial charge in [0.05, 0.1) is 0 Å². The minimum Gasteiger partial charge on any atom is -0.0971 e. The lowest BCUT2D eigenvalue weighted by atomic mass is 10.0. The van der Waals surface area contributed by atoms with Gasteiger partial charge in [-0.05, 0) is 47.6 Å². The quantitative estimate of drug-likeness (QED) is 0.605. The number of fused-ring (bicyclic) bond motifs is 1. The molecule has 1 heteroatoms. The van der Waals surface area contributed by atoms with Gasteiger partial charge >= 0.3 is 0 Å². The van der Waals surface area contributed by atoms with E-state index in [0.29, 0.717) is 0 Å². The van der Waals surface area contributed by atoms with Crippen molar-refractivity contribution in [1.82, 2.24) is 0 Å². The fourth-order valence-electron chi connectivity index (χ4n) is 1.53. The van der Waals surface area contributed by atoms with Crippen LogP contribution in [0.2, 0.25) is 0 Å². The van der Waals surface area contributed by atoms with Crippen molar-refractivity contribution in [3.63, 3.8) is 0 Å². The highest BCUT2D eigenvalue weighted by molar-refractivity contribution is 8.02. The predicted molar refractivity (Wildman–Crippen MR) is 68.8 cm³/mol. The van der Waals surface area contributed by atoms with Gasteiger partial charge in [-0.2, -0.15) is 0 Å². The Morgan fingerprint density at radius 1 is 1.07 bits per heavy atom. The summed E-state index contributed by atoms with van der Waals surface area (Å²) in [7, 11) is 0. The topological polar surface area (TPSA) is 0 Å². The van der Waals surface area contributed by atoms with Crippen LogP contribution in [0.3, 0.4) is 0 Å². The van der Waals surface area contributed by atoms with Gasteiger partial charge in [-0.3, -0.25) is 0 Å². The molecule has 76 valence electrons. The highest BCUT2D eigenvalue weighted by Crippen LogP contribution is 2.33. The molecule has 1 aliphatic heterocycles. The molecule has 0 N–H and O–H groups in total. The minimum absolute atomic E-state index is 1.10. The van der Waals surface area contributed by atoms with Crippen LogP contribution in [0.1, 0.15) is 19.4 Å². The molecule has 0 nitrogen and oxygen atoms in total. The highest BCUT2D eigenvalue weighted by atomic mass is 32.2. The van der Waals surface area contributed by atoms with E-state index < -0.39 is 0 Å². The Kier molecular flexibility index (Phi) is 2.83. The first-order chi connectivity index (χ1) is 7.18. The van der Waals surface area contributed by atoms with Crippen LogP contribution in [0.25, 0.3) is 5.57 Å². The van der Waals surface area contributed by atoms with Crippen LogP contribution in [0.15, 0.2) is 58.4 Å². The molecule has 0 radical (unpaired) electrons. The van der Waals surface area contributed by atoms with Crippen LogP contribution in [0.4, 0.5) is 0 Å². The summed E-state index contributed by atoms with van der Waals surface area (Å²) in [6, 6.07) is 8.40. The van der Waals surface area contributed by atoms with Crippen molar-refractivity contribution < 1.29 is 0 Å². The average Bonchev–Trinajstić information content (AvgIpc) is 2.24. The average molecular weight is 214 g/mol. The molecule has 0 aromatic heterocycles. The Morgan fingerprint density at radius 2 is 1.80 bits per heavy atom. The van der Waals surface area contributed by atoms with Crippen LogP contribution in [-0.2, 0) is 0 Å². The van der Waals surface area contributed by atoms with Crippen LogP contribution in [-0.4, -0.2) is 0 Å². The summed E-state index contributed by atoms with van der Waals surface area (Å²) in [5.74, 6) is 0. The molecule has 0 aliphatic carbocycles. The Morgan fingerprint density at radius 3 is 2.60 bits per heavy atom. The summed E-state index contributed by atoms with van der Waals surface area (Å²) >= 11 is 1.77. The molecule has 0 saturated carbocycles. The van der Waals surface area contributed by atoms with Gasteiger partial charge in [0.1, 0.15) is 0 Å². The van der Waals surface area contributed by atoms with Gasteiger partial charge in [-0.15, -0.1) is 0 Å². The number of allylic oxidation sites excluding steroid dienone is 4. The third kappa shape index (κ3) is 2.07. The van der Waals surface area contributed by atoms with Crippen molar-refractivity contribution in [2.45, 2.75) is 18.7 Å². The van der Waals surface area contributed by atoms with Crippen LogP contribution < -0.4 is 0 Å². The zero-order valence-electron chi connectivity index (χ0n) is 9.08. The summed E-state index contributed by atoms with van der Waals surface area (Å²) < 4.78 is 0. The van der Waals surface area contributed by atoms with E-state index in [1.54, 1.807) is 11.8 Å². The van der Waals surface area contributed by atoms with E-state index in [1.807, 2.05) is 0 Å². The summed E-state index contributed by atoms with van der Waals surface area (Å²) in [6.45, 7) is 8.39. The fourth-order valence-corrected chi connectivity index (χ4v) is 2.51. The molecule has 1 aromatic carbocycles. The SMILES string of the molecule is C=C1/C=C(C)\C(C)=C/Sc2ccccc21. The highest BCUT2D eigenvalue weighted by Gasteiger charge is 2.07. The molecule has 2 rings (SSSR count). The number of hydrogen-bond acceptors (Lipinski definition) is 1. The van der Waals surface area contributed by atoms with Gasteiger partial charge in [-0.1, -0.05) is 42.6 Å². The molecule has 1 aliphatic rings. The van der Waals surface area contributed by atoms with E-state index in [2.05, 4.69) is 56.2 Å². The maximum absolute atomic E-state index is 4.13. The van der Waals surface area contributed by atoms with Gasteiger partial charge in [-0.25, -0.2) is 0 Å². The van der Waals surface area contributed by atoms with E-state index in [-0.39, 0.29) is 0 Å². The Balaban J connectivity index is 2.56.